The molecule has 0 saturated carbocycles. The van der Waals surface area contributed by atoms with Crippen molar-refractivity contribution in [3.63, 3.8) is 0 Å². The minimum absolute atomic E-state index is 0.357. The van der Waals surface area contributed by atoms with Gasteiger partial charge in [-0.2, -0.15) is 5.26 Å². The van der Waals surface area contributed by atoms with Crippen LogP contribution in [0.3, 0.4) is 0 Å². The molecular weight excluding hydrogens is 955 g/mol. The number of carboxylic acid groups (broad SMARTS) is 1. The zero-order chi connectivity index (χ0) is 52.4. The Hall–Kier alpha value is -8.01. The maximum Gasteiger partial charge on any atom is 0.346 e. The van der Waals surface area contributed by atoms with Crippen molar-refractivity contribution in [2.45, 2.75) is 90.9 Å². The van der Waals surface area contributed by atoms with Crippen LogP contribution in [0, 0.1) is 11.3 Å². The third-order valence-electron chi connectivity index (χ3n) is 13.1. The minimum Gasteiger partial charge on any atom is -0.497 e. The van der Waals surface area contributed by atoms with E-state index in [2.05, 4.69) is 67.3 Å². The molecule has 384 valence electrons. The van der Waals surface area contributed by atoms with Gasteiger partial charge in [0.1, 0.15) is 45.7 Å². The van der Waals surface area contributed by atoms with Crippen molar-refractivity contribution in [1.82, 2.24) is 15.0 Å². The summed E-state index contributed by atoms with van der Waals surface area (Å²) in [5.41, 5.74) is 8.80. The second kappa shape index (κ2) is 26.8. The summed E-state index contributed by atoms with van der Waals surface area (Å²) in [5.74, 6) is 1.81. The first-order valence-corrected chi connectivity index (χ1v) is 26.9. The first-order valence-electron chi connectivity index (χ1n) is 26.1. The second-order valence-corrected chi connectivity index (χ2v) is 19.5. The zero-order valence-electron chi connectivity index (χ0n) is 43.4. The van der Waals surface area contributed by atoms with Crippen molar-refractivity contribution in [3.05, 3.63) is 150 Å². The van der Waals surface area contributed by atoms with Gasteiger partial charge < -0.3 is 29.0 Å². The number of pyridine rings is 1. The minimum atomic E-state index is -1.29. The van der Waals surface area contributed by atoms with Crippen LogP contribution in [0.4, 0.5) is 17.1 Å². The fourth-order valence-electron chi connectivity index (χ4n) is 8.93. The number of carboxylic acids is 1. The fourth-order valence-corrected chi connectivity index (χ4v) is 9.90. The van der Waals surface area contributed by atoms with Crippen LogP contribution in [0.2, 0.25) is 0 Å². The van der Waals surface area contributed by atoms with Gasteiger partial charge in [0.05, 0.1) is 44.5 Å². The van der Waals surface area contributed by atoms with E-state index in [0.717, 1.165) is 63.0 Å². The number of hydrogen-bond acceptors (Lipinski definition) is 11. The van der Waals surface area contributed by atoms with Crippen molar-refractivity contribution in [3.8, 4) is 73.3 Å². The first-order chi connectivity index (χ1) is 36.8. The highest BCUT2D eigenvalue weighted by Gasteiger charge is 2.22. The molecule has 0 spiro atoms. The van der Waals surface area contributed by atoms with Crippen molar-refractivity contribution in [1.29, 1.82) is 5.26 Å². The van der Waals surface area contributed by atoms with E-state index in [9.17, 15) is 15.2 Å². The number of aromatic nitrogens is 3. The van der Waals surface area contributed by atoms with E-state index >= 15 is 0 Å². The average Bonchev–Trinajstić information content (AvgIpc) is 3.93. The lowest BCUT2D eigenvalue weighted by molar-refractivity contribution is -0.132. The van der Waals surface area contributed by atoms with E-state index in [-0.39, 0.29) is 5.57 Å². The van der Waals surface area contributed by atoms with Crippen LogP contribution in [0.1, 0.15) is 95.8 Å². The molecule has 0 aliphatic heterocycles. The molecule has 3 aromatic heterocycles. The number of fused-ring (bicyclic) bond motifs is 1. The normalized spacial score (nSPS) is 11.3. The first kappa shape index (κ1) is 53.3. The Morgan fingerprint density at radius 3 is 1.45 bits per heavy atom. The molecule has 75 heavy (non-hydrogen) atoms. The Bertz CT molecular complexity index is 3120. The number of rotatable bonds is 27. The summed E-state index contributed by atoms with van der Waals surface area (Å²) in [6, 6.07) is 45.9. The van der Waals surface area contributed by atoms with Gasteiger partial charge in [-0.1, -0.05) is 90.2 Å². The Morgan fingerprint density at radius 2 is 0.987 bits per heavy atom. The molecule has 8 rings (SSSR count). The van der Waals surface area contributed by atoms with Crippen LogP contribution in [0.15, 0.2) is 145 Å². The average molecular weight is 1020 g/mol. The molecule has 3 heterocycles. The Kier molecular flexibility index (Phi) is 19.0. The molecule has 0 amide bonds. The monoisotopic (exact) mass is 1020 g/mol. The summed E-state index contributed by atoms with van der Waals surface area (Å²) in [4.78, 5) is 31.4. The SMILES string of the molecule is CCCCCCCCOc1ccc(N(c2ccc(OCCCCCCCC)cc2)c2ccc(-c3ncc(-c4ccc(/C=C(/C#N)C(=O)O)s4)c4nc(-c5ccc(OC)cc5)c(-c5ccc(OC)cc5)nc34)cc2)cc1. The molecular formula is C63H65N5O6S. The van der Waals surface area contributed by atoms with Crippen molar-refractivity contribution in [2.75, 3.05) is 32.3 Å². The highest BCUT2D eigenvalue weighted by molar-refractivity contribution is 7.16. The molecule has 0 fully saturated rings. The lowest BCUT2D eigenvalue weighted by Gasteiger charge is -2.26. The van der Waals surface area contributed by atoms with Gasteiger partial charge in [0, 0.05) is 55.3 Å². The number of benzene rings is 5. The topological polar surface area (TPSA) is 140 Å². The van der Waals surface area contributed by atoms with Crippen molar-refractivity contribution in [2.24, 2.45) is 0 Å². The quantitative estimate of drug-likeness (QED) is 0.0299. The largest absolute Gasteiger partial charge is 0.497 e. The number of thiophene rings is 1. The number of carbonyl (C=O) groups is 1. The van der Waals surface area contributed by atoms with Gasteiger partial charge in [-0.05, 0) is 140 Å². The summed E-state index contributed by atoms with van der Waals surface area (Å²) in [7, 11) is 3.27. The summed E-state index contributed by atoms with van der Waals surface area (Å²) in [6.07, 6.45) is 17.7. The molecule has 1 N–H and O–H groups in total. The van der Waals surface area contributed by atoms with Gasteiger partial charge in [0.15, 0.2) is 0 Å². The zero-order valence-corrected chi connectivity index (χ0v) is 44.2. The van der Waals surface area contributed by atoms with Crippen molar-refractivity contribution < 1.29 is 28.8 Å². The molecule has 0 saturated heterocycles. The van der Waals surface area contributed by atoms with E-state index in [1.165, 1.54) is 81.6 Å². The number of methoxy groups -OCH3 is 2. The lowest BCUT2D eigenvalue weighted by Crippen LogP contribution is -2.10. The predicted molar refractivity (Wildman–Crippen MR) is 304 cm³/mol. The molecule has 5 aromatic carbocycles. The Balaban J connectivity index is 1.19. The van der Waals surface area contributed by atoms with Gasteiger partial charge in [0.25, 0.3) is 0 Å². The van der Waals surface area contributed by atoms with Crippen LogP contribution in [-0.2, 0) is 4.79 Å². The molecule has 0 aliphatic rings. The smallest absolute Gasteiger partial charge is 0.346 e. The summed E-state index contributed by atoms with van der Waals surface area (Å²) >= 11 is 1.34. The Labute approximate surface area is 445 Å². The molecule has 11 nitrogen and oxygen atoms in total. The van der Waals surface area contributed by atoms with Crippen LogP contribution >= 0.6 is 11.3 Å². The van der Waals surface area contributed by atoms with E-state index in [0.29, 0.717) is 63.3 Å². The molecule has 8 aromatic rings. The summed E-state index contributed by atoms with van der Waals surface area (Å²) in [5, 5.41) is 19.1. The number of aliphatic carboxylic acids is 1. The fraction of sp³-hybridized carbons (Fsp3) is 0.286. The van der Waals surface area contributed by atoms with Gasteiger partial charge in [0.2, 0.25) is 0 Å². The molecule has 0 atom stereocenters. The molecule has 12 heteroatoms. The summed E-state index contributed by atoms with van der Waals surface area (Å²) < 4.78 is 23.5. The third-order valence-corrected chi connectivity index (χ3v) is 14.1. The van der Waals surface area contributed by atoms with Crippen molar-refractivity contribution >= 4 is 51.5 Å². The number of hydrogen-bond donors (Lipinski definition) is 1. The molecule has 0 radical (unpaired) electrons. The second-order valence-electron chi connectivity index (χ2n) is 18.4. The maximum atomic E-state index is 11.8. The van der Waals surface area contributed by atoms with Crippen LogP contribution in [0.25, 0.3) is 61.3 Å². The van der Waals surface area contributed by atoms with Gasteiger partial charge >= 0.3 is 5.97 Å². The number of nitriles is 1. The number of unbranched alkanes of at least 4 members (excludes halogenated alkanes) is 10. The van der Waals surface area contributed by atoms with Gasteiger partial charge in [-0.15, -0.1) is 11.3 Å². The molecule has 0 bridgehead atoms. The van der Waals surface area contributed by atoms with E-state index < -0.39 is 5.97 Å². The molecule has 0 aliphatic carbocycles. The van der Waals surface area contributed by atoms with E-state index in [1.807, 2.05) is 78.9 Å². The lowest BCUT2D eigenvalue weighted by atomic mass is 10.0. The van der Waals surface area contributed by atoms with Crippen LogP contribution in [0.5, 0.6) is 23.0 Å². The number of anilines is 3. The van der Waals surface area contributed by atoms with Crippen LogP contribution in [-0.4, -0.2) is 53.5 Å². The van der Waals surface area contributed by atoms with E-state index in [1.54, 1.807) is 32.6 Å². The third kappa shape index (κ3) is 13.8. The highest BCUT2D eigenvalue weighted by Crippen LogP contribution is 2.42. The van der Waals surface area contributed by atoms with Gasteiger partial charge in [-0.3, -0.25) is 4.98 Å². The summed E-state index contributed by atoms with van der Waals surface area (Å²) in [6.45, 7) is 5.86. The van der Waals surface area contributed by atoms with Gasteiger partial charge in [-0.25, -0.2) is 14.8 Å². The predicted octanol–water partition coefficient (Wildman–Crippen LogP) is 16.7. The van der Waals surface area contributed by atoms with Crippen LogP contribution < -0.4 is 23.8 Å². The number of ether oxygens (including phenoxy) is 4. The molecule has 0 unspecified atom stereocenters. The number of nitrogens with zero attached hydrogens (tertiary/aromatic N) is 5. The highest BCUT2D eigenvalue weighted by atomic mass is 32.1. The maximum absolute atomic E-state index is 11.8. The van der Waals surface area contributed by atoms with E-state index in [4.69, 9.17) is 33.9 Å². The standard InChI is InChI=1S/C63H65N5O6S/c1-5-7-9-11-13-15-39-73-53-33-25-49(26-34-53)68(50-27-35-54(36-28-50)74-40-16-14-12-10-8-6-2)48-23-17-44(18-24-48)58-62-61(56(43-65-58)57-38-37-55(75-57)41-47(42-64)63(69)70)66-59(45-19-29-51(71-3)30-20-45)60(67-62)46-21-31-52(72-4)32-22-46/h17-38,41,43H,5-16,39-40H2,1-4H3,(H,69,70)/b47-41-. The Morgan fingerprint density at radius 1 is 0.560 bits per heavy atom.